The van der Waals surface area contributed by atoms with Gasteiger partial charge in [-0.3, -0.25) is 5.32 Å². The average Bonchev–Trinajstić information content (AvgIpc) is 2.67. The first kappa shape index (κ1) is 19.0. The van der Waals surface area contributed by atoms with Gasteiger partial charge in [0.15, 0.2) is 0 Å². The second kappa shape index (κ2) is 8.26. The highest BCUT2D eigenvalue weighted by molar-refractivity contribution is 6.01. The van der Waals surface area contributed by atoms with Crippen molar-refractivity contribution in [2.75, 3.05) is 11.9 Å². The molecule has 0 spiro atoms. The minimum absolute atomic E-state index is 0.131. The summed E-state index contributed by atoms with van der Waals surface area (Å²) in [7, 11) is 0. The van der Waals surface area contributed by atoms with Crippen molar-refractivity contribution in [2.24, 2.45) is 0 Å². The minimum Gasteiger partial charge on any atom is -0.508 e. The van der Waals surface area contributed by atoms with Gasteiger partial charge >= 0.3 is 12.1 Å². The molecular weight excluding hydrogens is 360 g/mol. The zero-order valence-electron chi connectivity index (χ0n) is 15.2. The number of nitrogens with one attached hydrogen (secondary N) is 3. The Hall–Kier alpha value is -3.81. The van der Waals surface area contributed by atoms with E-state index in [0.29, 0.717) is 12.4 Å². The van der Waals surface area contributed by atoms with Crippen molar-refractivity contribution in [3.05, 3.63) is 54.2 Å². The van der Waals surface area contributed by atoms with Gasteiger partial charge in [0.1, 0.15) is 11.6 Å². The summed E-state index contributed by atoms with van der Waals surface area (Å²) in [5.74, 6) is 0.539. The number of pyridine rings is 1. The molecule has 0 radical (unpaired) electrons. The molecule has 0 fully saturated rings. The maximum atomic E-state index is 11.8. The van der Waals surface area contributed by atoms with Crippen LogP contribution in [0.3, 0.4) is 0 Å². The number of aromatic hydroxyl groups is 1. The summed E-state index contributed by atoms with van der Waals surface area (Å²) < 4.78 is 0. The smallest absolute Gasteiger partial charge is 0.404 e. The second-order valence-corrected chi connectivity index (χ2v) is 6.08. The predicted octanol–water partition coefficient (Wildman–Crippen LogP) is 3.52. The molecule has 0 saturated carbocycles. The molecule has 0 aliphatic carbocycles. The summed E-state index contributed by atoms with van der Waals surface area (Å²) in [5, 5.41) is 27.7. The first-order valence-electron chi connectivity index (χ1n) is 8.70. The SMILES string of the molecule is CCNC(=O)Nc1cc2c(-c3ccc(O)cc3)ccc(CNC(=O)O)c2cn1. The third kappa shape index (κ3) is 4.29. The zero-order valence-corrected chi connectivity index (χ0v) is 15.2. The number of carbonyl (C=O) groups is 2. The van der Waals surface area contributed by atoms with Crippen LogP contribution in [-0.2, 0) is 6.54 Å². The van der Waals surface area contributed by atoms with E-state index in [-0.39, 0.29) is 18.3 Å². The van der Waals surface area contributed by atoms with Crippen molar-refractivity contribution >= 4 is 28.7 Å². The topological polar surface area (TPSA) is 124 Å². The summed E-state index contributed by atoms with van der Waals surface area (Å²) in [4.78, 5) is 27.0. The lowest BCUT2D eigenvalue weighted by Gasteiger charge is -2.13. The van der Waals surface area contributed by atoms with Crippen LogP contribution >= 0.6 is 0 Å². The number of fused-ring (bicyclic) bond motifs is 1. The van der Waals surface area contributed by atoms with Gasteiger partial charge in [0, 0.05) is 24.7 Å². The molecule has 28 heavy (non-hydrogen) atoms. The monoisotopic (exact) mass is 380 g/mol. The Bertz CT molecular complexity index is 1020. The van der Waals surface area contributed by atoms with Crippen LogP contribution in [-0.4, -0.2) is 33.9 Å². The first-order valence-corrected chi connectivity index (χ1v) is 8.70. The van der Waals surface area contributed by atoms with Crippen molar-refractivity contribution in [1.82, 2.24) is 15.6 Å². The van der Waals surface area contributed by atoms with Crippen LogP contribution in [0.5, 0.6) is 5.75 Å². The molecule has 3 aromatic rings. The molecule has 5 N–H and O–H groups in total. The molecule has 3 rings (SSSR count). The van der Waals surface area contributed by atoms with Gasteiger partial charge in [-0.1, -0.05) is 24.3 Å². The average molecular weight is 380 g/mol. The summed E-state index contributed by atoms with van der Waals surface area (Å²) in [6, 6.07) is 11.9. The van der Waals surface area contributed by atoms with E-state index in [1.165, 1.54) is 0 Å². The summed E-state index contributed by atoms with van der Waals surface area (Å²) >= 11 is 0. The van der Waals surface area contributed by atoms with E-state index in [4.69, 9.17) is 5.11 Å². The number of rotatable bonds is 5. The number of carboxylic acid groups (broad SMARTS) is 1. The number of urea groups is 1. The van der Waals surface area contributed by atoms with Crippen LogP contribution < -0.4 is 16.0 Å². The molecule has 144 valence electrons. The number of aromatic nitrogens is 1. The zero-order chi connectivity index (χ0) is 20.1. The van der Waals surface area contributed by atoms with Gasteiger partial charge < -0.3 is 20.8 Å². The molecule has 0 saturated heterocycles. The standard InChI is InChI=1S/C20H20N4O4/c1-2-21-19(26)24-18-9-16-15(12-3-6-14(25)7-4-12)8-5-13(10-23-20(27)28)17(16)11-22-18/h3-9,11,23,25H,2,10H2,1H3,(H,27,28)(H2,21,22,24,26). The number of carbonyl (C=O) groups excluding carboxylic acids is 1. The maximum Gasteiger partial charge on any atom is 0.404 e. The summed E-state index contributed by atoms with van der Waals surface area (Å²) in [6.07, 6.45) is 0.498. The van der Waals surface area contributed by atoms with Gasteiger partial charge in [-0.05, 0) is 47.2 Å². The van der Waals surface area contributed by atoms with Crippen LogP contribution in [0.15, 0.2) is 48.7 Å². The lowest BCUT2D eigenvalue weighted by Crippen LogP contribution is -2.28. The van der Waals surface area contributed by atoms with E-state index in [0.717, 1.165) is 27.5 Å². The van der Waals surface area contributed by atoms with Gasteiger partial charge in [-0.25, -0.2) is 14.6 Å². The van der Waals surface area contributed by atoms with E-state index >= 15 is 0 Å². The van der Waals surface area contributed by atoms with Gasteiger partial charge in [0.05, 0.1) is 0 Å². The van der Waals surface area contributed by atoms with Crippen LogP contribution in [0.2, 0.25) is 0 Å². The van der Waals surface area contributed by atoms with Crippen molar-refractivity contribution < 1.29 is 19.8 Å². The number of phenolic OH excluding ortho intramolecular Hbond substituents is 1. The Kier molecular flexibility index (Phi) is 5.59. The van der Waals surface area contributed by atoms with Crippen molar-refractivity contribution in [2.45, 2.75) is 13.5 Å². The van der Waals surface area contributed by atoms with Gasteiger partial charge in [-0.2, -0.15) is 0 Å². The Morgan fingerprint density at radius 2 is 1.79 bits per heavy atom. The van der Waals surface area contributed by atoms with E-state index in [9.17, 15) is 14.7 Å². The Balaban J connectivity index is 2.10. The molecule has 8 heteroatoms. The largest absolute Gasteiger partial charge is 0.508 e. The van der Waals surface area contributed by atoms with E-state index in [1.54, 1.807) is 36.5 Å². The van der Waals surface area contributed by atoms with E-state index in [1.807, 2.05) is 19.1 Å². The summed E-state index contributed by atoms with van der Waals surface area (Å²) in [6.45, 7) is 2.44. The Labute approximate surface area is 161 Å². The predicted molar refractivity (Wildman–Crippen MR) is 106 cm³/mol. The molecule has 2 aromatic carbocycles. The molecule has 0 aliphatic rings. The highest BCUT2D eigenvalue weighted by atomic mass is 16.4. The molecule has 1 heterocycles. The minimum atomic E-state index is -1.11. The molecule has 0 unspecified atom stereocenters. The number of hydrogen-bond acceptors (Lipinski definition) is 4. The number of phenols is 1. The highest BCUT2D eigenvalue weighted by Gasteiger charge is 2.12. The fourth-order valence-corrected chi connectivity index (χ4v) is 2.90. The fourth-order valence-electron chi connectivity index (χ4n) is 2.90. The number of amides is 3. The first-order chi connectivity index (χ1) is 13.5. The lowest BCUT2D eigenvalue weighted by molar-refractivity contribution is 0.194. The number of benzene rings is 2. The van der Waals surface area contributed by atoms with E-state index < -0.39 is 6.09 Å². The van der Waals surface area contributed by atoms with Crippen molar-refractivity contribution in [1.29, 1.82) is 0 Å². The molecule has 0 atom stereocenters. The van der Waals surface area contributed by atoms with Gasteiger partial charge in [-0.15, -0.1) is 0 Å². The molecule has 1 aromatic heterocycles. The fraction of sp³-hybridized carbons (Fsp3) is 0.150. The molecule has 0 aliphatic heterocycles. The van der Waals surface area contributed by atoms with Crippen LogP contribution in [0, 0.1) is 0 Å². The number of hydrogen-bond donors (Lipinski definition) is 5. The Morgan fingerprint density at radius 3 is 2.46 bits per heavy atom. The van der Waals surface area contributed by atoms with E-state index in [2.05, 4.69) is 20.9 Å². The molecule has 0 bridgehead atoms. The number of anilines is 1. The van der Waals surface area contributed by atoms with Gasteiger partial charge in [0.25, 0.3) is 0 Å². The molecule has 3 amide bonds. The highest BCUT2D eigenvalue weighted by Crippen LogP contribution is 2.32. The van der Waals surface area contributed by atoms with Crippen molar-refractivity contribution in [3.63, 3.8) is 0 Å². The number of nitrogens with zero attached hydrogens (tertiary/aromatic N) is 1. The van der Waals surface area contributed by atoms with Crippen molar-refractivity contribution in [3.8, 4) is 16.9 Å². The van der Waals surface area contributed by atoms with Crippen LogP contribution in [0.4, 0.5) is 15.4 Å². The quantitative estimate of drug-likeness (QED) is 0.463. The normalized spacial score (nSPS) is 10.5. The third-order valence-corrected chi connectivity index (χ3v) is 4.18. The third-order valence-electron chi connectivity index (χ3n) is 4.18. The van der Waals surface area contributed by atoms with Gasteiger partial charge in [0.2, 0.25) is 0 Å². The van der Waals surface area contributed by atoms with Crippen LogP contribution in [0.25, 0.3) is 21.9 Å². The maximum absolute atomic E-state index is 11.8. The second-order valence-electron chi connectivity index (χ2n) is 6.08. The lowest BCUT2D eigenvalue weighted by atomic mass is 9.96. The Morgan fingerprint density at radius 1 is 1.04 bits per heavy atom. The molecular formula is C20H20N4O4. The molecule has 8 nitrogen and oxygen atoms in total. The van der Waals surface area contributed by atoms with Crippen LogP contribution in [0.1, 0.15) is 12.5 Å². The summed E-state index contributed by atoms with van der Waals surface area (Å²) in [5.41, 5.74) is 2.50.